The van der Waals surface area contributed by atoms with Gasteiger partial charge in [0.1, 0.15) is 5.75 Å². The van der Waals surface area contributed by atoms with E-state index in [0.717, 1.165) is 66.8 Å². The van der Waals surface area contributed by atoms with E-state index in [-0.39, 0.29) is 6.10 Å². The lowest BCUT2D eigenvalue weighted by molar-refractivity contribution is 0.0800. The van der Waals surface area contributed by atoms with Crippen LogP contribution in [0.4, 0.5) is 0 Å². The number of piperidine rings is 1. The highest BCUT2D eigenvalue weighted by atomic mass is 35.5. The Morgan fingerprint density at radius 1 is 1.00 bits per heavy atom. The number of aliphatic hydroxyl groups excluding tert-OH is 1. The van der Waals surface area contributed by atoms with Crippen molar-refractivity contribution in [1.29, 1.82) is 0 Å². The van der Waals surface area contributed by atoms with Crippen molar-refractivity contribution < 1.29 is 19.3 Å². The van der Waals surface area contributed by atoms with Crippen LogP contribution in [0.2, 0.25) is 5.02 Å². The van der Waals surface area contributed by atoms with Crippen molar-refractivity contribution in [3.05, 3.63) is 47.5 Å². The number of hydrogen-bond donors (Lipinski definition) is 1. The fourth-order valence-electron chi connectivity index (χ4n) is 4.02. The Hall–Kier alpha value is -2.54. The minimum absolute atomic E-state index is 0.149. The number of halogens is 1. The molecule has 1 N–H and O–H groups in total. The molecular formula is C25H29ClN2O4. The Kier molecular flexibility index (Phi) is 7.35. The predicted molar refractivity (Wildman–Crippen MR) is 127 cm³/mol. The summed E-state index contributed by atoms with van der Waals surface area (Å²) in [6.07, 6.45) is 2.46. The summed E-state index contributed by atoms with van der Waals surface area (Å²) in [5, 5.41) is 11.2. The van der Waals surface area contributed by atoms with Crippen molar-refractivity contribution in [1.82, 2.24) is 9.88 Å². The zero-order valence-electron chi connectivity index (χ0n) is 18.5. The predicted octanol–water partition coefficient (Wildman–Crippen LogP) is 4.80. The summed E-state index contributed by atoms with van der Waals surface area (Å²) < 4.78 is 17.2. The lowest BCUT2D eigenvalue weighted by Crippen LogP contribution is -2.36. The largest absolute Gasteiger partial charge is 0.493 e. The molecule has 170 valence electrons. The van der Waals surface area contributed by atoms with Gasteiger partial charge in [-0.2, -0.15) is 0 Å². The molecule has 0 bridgehead atoms. The van der Waals surface area contributed by atoms with Gasteiger partial charge in [-0.1, -0.05) is 23.7 Å². The van der Waals surface area contributed by atoms with Gasteiger partial charge < -0.3 is 24.2 Å². The molecule has 1 aliphatic heterocycles. The van der Waals surface area contributed by atoms with E-state index in [1.165, 1.54) is 0 Å². The van der Waals surface area contributed by atoms with Crippen molar-refractivity contribution in [2.45, 2.75) is 25.4 Å². The molecule has 0 radical (unpaired) electrons. The second-order valence-corrected chi connectivity index (χ2v) is 8.45. The van der Waals surface area contributed by atoms with Gasteiger partial charge in [0, 0.05) is 47.7 Å². The molecule has 4 rings (SSSR count). The molecule has 1 aliphatic rings. The first kappa shape index (κ1) is 22.6. The first-order valence-electron chi connectivity index (χ1n) is 10.9. The fourth-order valence-corrected chi connectivity index (χ4v) is 4.15. The minimum Gasteiger partial charge on any atom is -0.493 e. The highest BCUT2D eigenvalue weighted by Crippen LogP contribution is 2.37. The van der Waals surface area contributed by atoms with Crippen molar-refractivity contribution >= 4 is 22.5 Å². The van der Waals surface area contributed by atoms with Crippen molar-refractivity contribution in [2.24, 2.45) is 0 Å². The van der Waals surface area contributed by atoms with E-state index in [0.29, 0.717) is 23.1 Å². The van der Waals surface area contributed by atoms with Gasteiger partial charge in [-0.05, 0) is 37.5 Å². The third-order valence-corrected chi connectivity index (χ3v) is 6.10. The van der Waals surface area contributed by atoms with Crippen LogP contribution in [0.15, 0.2) is 42.5 Å². The summed E-state index contributed by atoms with van der Waals surface area (Å²) >= 11 is 6.06. The zero-order valence-corrected chi connectivity index (χ0v) is 19.3. The van der Waals surface area contributed by atoms with Gasteiger partial charge in [0.15, 0.2) is 11.5 Å². The number of methoxy groups -OCH3 is 2. The van der Waals surface area contributed by atoms with Crippen LogP contribution in [0.5, 0.6) is 17.2 Å². The Morgan fingerprint density at radius 2 is 1.69 bits per heavy atom. The fraction of sp³-hybridized carbons (Fsp3) is 0.400. The van der Waals surface area contributed by atoms with Crippen LogP contribution in [-0.2, 0) is 0 Å². The number of ether oxygens (including phenoxy) is 3. The van der Waals surface area contributed by atoms with Gasteiger partial charge >= 0.3 is 0 Å². The maximum Gasteiger partial charge on any atom is 0.162 e. The van der Waals surface area contributed by atoms with Crippen LogP contribution in [0.3, 0.4) is 0 Å². The van der Waals surface area contributed by atoms with E-state index in [9.17, 15) is 5.11 Å². The first-order chi connectivity index (χ1) is 15.6. The summed E-state index contributed by atoms with van der Waals surface area (Å²) in [7, 11) is 3.24. The van der Waals surface area contributed by atoms with Crippen molar-refractivity contribution in [3.63, 3.8) is 0 Å². The molecule has 0 amide bonds. The molecular weight excluding hydrogens is 428 g/mol. The van der Waals surface area contributed by atoms with E-state index in [1.54, 1.807) is 14.2 Å². The van der Waals surface area contributed by atoms with Gasteiger partial charge in [0.05, 0.1) is 38.1 Å². The topological polar surface area (TPSA) is 64.1 Å². The molecule has 0 atom stereocenters. The summed E-state index contributed by atoms with van der Waals surface area (Å²) in [4.78, 5) is 7.22. The Balaban J connectivity index is 1.58. The van der Waals surface area contributed by atoms with Gasteiger partial charge in [-0.3, -0.25) is 0 Å². The second kappa shape index (κ2) is 10.4. The molecule has 32 heavy (non-hydrogen) atoms. The lowest BCUT2D eigenvalue weighted by Gasteiger charge is -2.29. The standard InChI is InChI=1S/C25H29ClN2O4/c1-30-24-14-20-22(16-25(24)31-2)27-21(17-4-6-18(26)7-5-17)15-23(20)32-13-3-10-28-11-8-19(29)9-12-28/h4-7,14-16,19,29H,3,8-13H2,1-2H3. The average Bonchev–Trinajstić information content (AvgIpc) is 2.82. The number of hydrogen-bond acceptors (Lipinski definition) is 6. The molecule has 3 aromatic rings. The molecule has 1 aromatic heterocycles. The quantitative estimate of drug-likeness (QED) is 0.491. The van der Waals surface area contributed by atoms with Crippen LogP contribution < -0.4 is 14.2 Å². The van der Waals surface area contributed by atoms with Crippen LogP contribution in [-0.4, -0.2) is 61.6 Å². The van der Waals surface area contributed by atoms with Crippen LogP contribution >= 0.6 is 11.6 Å². The number of benzene rings is 2. The number of rotatable bonds is 8. The zero-order chi connectivity index (χ0) is 22.5. The van der Waals surface area contributed by atoms with Gasteiger partial charge in [0.25, 0.3) is 0 Å². The van der Waals surface area contributed by atoms with Gasteiger partial charge in [-0.15, -0.1) is 0 Å². The third kappa shape index (κ3) is 5.26. The number of fused-ring (bicyclic) bond motifs is 1. The highest BCUT2D eigenvalue weighted by Gasteiger charge is 2.17. The van der Waals surface area contributed by atoms with E-state index >= 15 is 0 Å². The summed E-state index contributed by atoms with van der Waals surface area (Å²) in [6.45, 7) is 3.43. The van der Waals surface area contributed by atoms with Crippen molar-refractivity contribution in [3.8, 4) is 28.5 Å². The normalized spacial score (nSPS) is 15.1. The second-order valence-electron chi connectivity index (χ2n) is 8.01. The van der Waals surface area contributed by atoms with E-state index in [1.807, 2.05) is 42.5 Å². The van der Waals surface area contributed by atoms with E-state index in [4.69, 9.17) is 30.8 Å². The van der Waals surface area contributed by atoms with E-state index < -0.39 is 0 Å². The Labute approximate surface area is 193 Å². The first-order valence-corrected chi connectivity index (χ1v) is 11.3. The third-order valence-electron chi connectivity index (χ3n) is 5.85. The molecule has 1 fully saturated rings. The van der Waals surface area contributed by atoms with E-state index in [2.05, 4.69) is 4.90 Å². The summed E-state index contributed by atoms with van der Waals surface area (Å²) in [6, 6.07) is 13.4. The maximum atomic E-state index is 9.68. The Morgan fingerprint density at radius 3 is 2.38 bits per heavy atom. The monoisotopic (exact) mass is 456 g/mol. The summed E-state index contributed by atoms with van der Waals surface area (Å²) in [5.41, 5.74) is 2.54. The number of likely N-dealkylation sites (tertiary alicyclic amines) is 1. The molecule has 2 aromatic carbocycles. The minimum atomic E-state index is -0.149. The number of aliphatic hydroxyl groups is 1. The molecule has 1 saturated heterocycles. The average molecular weight is 457 g/mol. The summed E-state index contributed by atoms with van der Waals surface area (Å²) in [5.74, 6) is 2.02. The molecule has 6 nitrogen and oxygen atoms in total. The number of aromatic nitrogens is 1. The SMILES string of the molecule is COc1cc2nc(-c3ccc(Cl)cc3)cc(OCCCN3CCC(O)CC3)c2cc1OC. The van der Waals surface area contributed by atoms with Crippen molar-refractivity contribution in [2.75, 3.05) is 40.5 Å². The smallest absolute Gasteiger partial charge is 0.162 e. The lowest BCUT2D eigenvalue weighted by atomic mass is 10.1. The number of pyridine rings is 1. The van der Waals surface area contributed by atoms with Crippen LogP contribution in [0.25, 0.3) is 22.2 Å². The maximum absolute atomic E-state index is 9.68. The molecule has 0 unspecified atom stereocenters. The molecule has 7 heteroatoms. The van der Waals surface area contributed by atoms with Gasteiger partial charge in [0.2, 0.25) is 0 Å². The highest BCUT2D eigenvalue weighted by molar-refractivity contribution is 6.30. The molecule has 0 saturated carbocycles. The molecule has 0 aliphatic carbocycles. The van der Waals surface area contributed by atoms with Crippen LogP contribution in [0.1, 0.15) is 19.3 Å². The number of nitrogens with zero attached hydrogens (tertiary/aromatic N) is 2. The Bertz CT molecular complexity index is 1050. The molecule has 0 spiro atoms. The van der Waals surface area contributed by atoms with Gasteiger partial charge in [-0.25, -0.2) is 4.98 Å². The van der Waals surface area contributed by atoms with Crippen LogP contribution in [0, 0.1) is 0 Å². The molecule has 2 heterocycles.